The lowest BCUT2D eigenvalue weighted by atomic mass is 10.2. The second-order valence-electron chi connectivity index (χ2n) is 3.71. The summed E-state index contributed by atoms with van der Waals surface area (Å²) in [7, 11) is -3.21. The van der Waals surface area contributed by atoms with E-state index in [0.29, 0.717) is 17.9 Å². The van der Waals surface area contributed by atoms with Gasteiger partial charge >= 0.3 is 0 Å². The Bertz CT molecular complexity index is 543. The van der Waals surface area contributed by atoms with Crippen LogP contribution in [0.25, 0.3) is 0 Å². The highest BCUT2D eigenvalue weighted by atomic mass is 32.2. The van der Waals surface area contributed by atoms with E-state index in [1.54, 1.807) is 6.92 Å². The van der Waals surface area contributed by atoms with Gasteiger partial charge in [0, 0.05) is 19.2 Å². The molecule has 18 heavy (non-hydrogen) atoms. The van der Waals surface area contributed by atoms with E-state index < -0.39 is 14.9 Å². The first kappa shape index (κ1) is 14.3. The highest BCUT2D eigenvalue weighted by molar-refractivity contribution is 7.88. The minimum Gasteiger partial charge on any atom is -0.369 e. The Balaban J connectivity index is 2.56. The third-order valence-electron chi connectivity index (χ3n) is 2.06. The first-order valence-corrected chi connectivity index (χ1v) is 6.98. The van der Waals surface area contributed by atoms with Crippen LogP contribution in [0.1, 0.15) is 5.56 Å². The summed E-state index contributed by atoms with van der Waals surface area (Å²) < 4.78 is 23.9. The minimum absolute atomic E-state index is 0.0766. The minimum atomic E-state index is -3.21. The average molecular weight is 274 g/mol. The standard InChI is InChI=1S/C9H14N4O4S/c1-7-5-8(13(14)15)6-11-9(7)10-3-4-12-18(2,16)17/h5-6,12H,3-4H2,1-2H3,(H,10,11). The van der Waals surface area contributed by atoms with Gasteiger partial charge in [0.05, 0.1) is 11.2 Å². The molecule has 1 heterocycles. The first-order chi connectivity index (χ1) is 8.29. The third-order valence-corrected chi connectivity index (χ3v) is 2.78. The van der Waals surface area contributed by atoms with Gasteiger partial charge < -0.3 is 5.32 Å². The van der Waals surface area contributed by atoms with Crippen molar-refractivity contribution in [3.8, 4) is 0 Å². The van der Waals surface area contributed by atoms with Gasteiger partial charge in [-0.2, -0.15) is 0 Å². The van der Waals surface area contributed by atoms with Gasteiger partial charge in [-0.05, 0) is 12.5 Å². The van der Waals surface area contributed by atoms with Crippen LogP contribution in [0.15, 0.2) is 12.3 Å². The smallest absolute Gasteiger partial charge is 0.287 e. The molecule has 1 aromatic rings. The number of nitro groups is 1. The summed E-state index contributed by atoms with van der Waals surface area (Å²) in [6.07, 6.45) is 2.22. The fourth-order valence-corrected chi connectivity index (χ4v) is 1.74. The van der Waals surface area contributed by atoms with Crippen LogP contribution < -0.4 is 10.0 Å². The van der Waals surface area contributed by atoms with Crippen molar-refractivity contribution in [1.82, 2.24) is 9.71 Å². The fraction of sp³-hybridized carbons (Fsp3) is 0.444. The Morgan fingerprint density at radius 1 is 1.44 bits per heavy atom. The van der Waals surface area contributed by atoms with Crippen LogP contribution in [-0.2, 0) is 10.0 Å². The fourth-order valence-electron chi connectivity index (χ4n) is 1.26. The molecule has 2 N–H and O–H groups in total. The second kappa shape index (κ2) is 5.74. The van der Waals surface area contributed by atoms with Crippen LogP contribution in [0, 0.1) is 17.0 Å². The summed E-state index contributed by atoms with van der Waals surface area (Å²) in [6, 6.07) is 1.40. The largest absolute Gasteiger partial charge is 0.369 e. The van der Waals surface area contributed by atoms with Gasteiger partial charge in [0.2, 0.25) is 10.0 Å². The van der Waals surface area contributed by atoms with Crippen LogP contribution in [0.2, 0.25) is 0 Å². The lowest BCUT2D eigenvalue weighted by molar-refractivity contribution is -0.385. The van der Waals surface area contributed by atoms with Crippen LogP contribution >= 0.6 is 0 Å². The van der Waals surface area contributed by atoms with E-state index in [1.165, 1.54) is 6.07 Å². The monoisotopic (exact) mass is 274 g/mol. The molecule has 0 aromatic carbocycles. The number of anilines is 1. The number of sulfonamides is 1. The maximum atomic E-state index is 10.8. The highest BCUT2D eigenvalue weighted by Gasteiger charge is 2.09. The topological polar surface area (TPSA) is 114 Å². The number of aromatic nitrogens is 1. The summed E-state index contributed by atoms with van der Waals surface area (Å²) in [5, 5.41) is 13.4. The number of nitrogens with one attached hydrogen (secondary N) is 2. The average Bonchev–Trinajstić information content (AvgIpc) is 2.24. The number of hydrogen-bond acceptors (Lipinski definition) is 6. The molecule has 1 rings (SSSR count). The second-order valence-corrected chi connectivity index (χ2v) is 5.54. The zero-order valence-electron chi connectivity index (χ0n) is 10.0. The molecule has 100 valence electrons. The van der Waals surface area contributed by atoms with E-state index in [0.717, 1.165) is 12.5 Å². The van der Waals surface area contributed by atoms with Crippen molar-refractivity contribution in [3.05, 3.63) is 27.9 Å². The van der Waals surface area contributed by atoms with Gasteiger partial charge in [0.25, 0.3) is 5.69 Å². The van der Waals surface area contributed by atoms with E-state index in [2.05, 4.69) is 15.0 Å². The molecule has 0 atom stereocenters. The van der Waals surface area contributed by atoms with Gasteiger partial charge in [-0.3, -0.25) is 10.1 Å². The van der Waals surface area contributed by atoms with Crippen molar-refractivity contribution < 1.29 is 13.3 Å². The van der Waals surface area contributed by atoms with Gasteiger partial charge in [-0.15, -0.1) is 0 Å². The quantitative estimate of drug-likeness (QED) is 0.437. The van der Waals surface area contributed by atoms with Gasteiger partial charge in [-0.25, -0.2) is 18.1 Å². The van der Waals surface area contributed by atoms with Crippen LogP contribution in [0.5, 0.6) is 0 Å². The molecule has 0 saturated carbocycles. The normalized spacial score (nSPS) is 11.2. The number of nitrogens with zero attached hydrogens (tertiary/aromatic N) is 2. The van der Waals surface area contributed by atoms with E-state index in [4.69, 9.17) is 0 Å². The van der Waals surface area contributed by atoms with Crippen LogP contribution in [0.3, 0.4) is 0 Å². The lowest BCUT2D eigenvalue weighted by Gasteiger charge is -2.08. The molecule has 0 aliphatic carbocycles. The molecule has 9 heteroatoms. The van der Waals surface area contributed by atoms with Crippen molar-refractivity contribution in [3.63, 3.8) is 0 Å². The zero-order valence-corrected chi connectivity index (χ0v) is 10.8. The number of pyridine rings is 1. The van der Waals surface area contributed by atoms with Crippen LogP contribution in [-0.4, -0.2) is 37.7 Å². The molecular formula is C9H14N4O4S. The first-order valence-electron chi connectivity index (χ1n) is 5.09. The summed E-state index contributed by atoms with van der Waals surface area (Å²) in [5.74, 6) is 0.496. The van der Waals surface area contributed by atoms with Crippen molar-refractivity contribution >= 4 is 21.5 Å². The molecule has 8 nitrogen and oxygen atoms in total. The number of rotatable bonds is 6. The molecule has 0 saturated heterocycles. The van der Waals surface area contributed by atoms with E-state index in [-0.39, 0.29) is 12.2 Å². The molecule has 0 aliphatic heterocycles. The predicted molar refractivity (Wildman–Crippen MR) is 67.0 cm³/mol. The molecule has 1 aromatic heterocycles. The SMILES string of the molecule is Cc1cc([N+](=O)[O-])cnc1NCCNS(C)(=O)=O. The maximum absolute atomic E-state index is 10.8. The van der Waals surface area contributed by atoms with Crippen molar-refractivity contribution in [1.29, 1.82) is 0 Å². The van der Waals surface area contributed by atoms with E-state index >= 15 is 0 Å². The molecule has 0 amide bonds. The van der Waals surface area contributed by atoms with E-state index in [1.807, 2.05) is 0 Å². The molecule has 0 unspecified atom stereocenters. The summed E-state index contributed by atoms with van der Waals surface area (Å²) >= 11 is 0. The zero-order chi connectivity index (χ0) is 13.8. The molecule has 0 bridgehead atoms. The Morgan fingerprint density at radius 2 is 2.11 bits per heavy atom. The maximum Gasteiger partial charge on any atom is 0.287 e. The van der Waals surface area contributed by atoms with Crippen molar-refractivity contribution in [2.24, 2.45) is 0 Å². The van der Waals surface area contributed by atoms with E-state index in [9.17, 15) is 18.5 Å². The van der Waals surface area contributed by atoms with Gasteiger partial charge in [0.15, 0.2) is 0 Å². The van der Waals surface area contributed by atoms with Crippen LogP contribution in [0.4, 0.5) is 11.5 Å². The Morgan fingerprint density at radius 3 is 2.61 bits per heavy atom. The van der Waals surface area contributed by atoms with Gasteiger partial charge in [0.1, 0.15) is 12.0 Å². The third kappa shape index (κ3) is 4.63. The summed E-state index contributed by atoms with van der Waals surface area (Å²) in [5.41, 5.74) is 0.552. The highest BCUT2D eigenvalue weighted by Crippen LogP contribution is 2.17. The lowest BCUT2D eigenvalue weighted by Crippen LogP contribution is -2.27. The molecule has 0 spiro atoms. The van der Waals surface area contributed by atoms with Crippen molar-refractivity contribution in [2.45, 2.75) is 6.92 Å². The summed E-state index contributed by atoms with van der Waals surface area (Å²) in [6.45, 7) is 2.25. The molecular weight excluding hydrogens is 260 g/mol. The molecule has 0 aliphatic rings. The molecule has 0 fully saturated rings. The predicted octanol–water partition coefficient (Wildman–Crippen LogP) is 0.259. The van der Waals surface area contributed by atoms with Gasteiger partial charge in [-0.1, -0.05) is 0 Å². The van der Waals surface area contributed by atoms with Crippen molar-refractivity contribution in [2.75, 3.05) is 24.7 Å². The summed E-state index contributed by atoms with van der Waals surface area (Å²) in [4.78, 5) is 13.9. The number of aryl methyl sites for hydroxylation is 1. The Labute approximate surface area is 105 Å². The number of hydrogen-bond donors (Lipinski definition) is 2. The molecule has 0 radical (unpaired) electrons. The Kier molecular flexibility index (Phi) is 4.56. The Hall–Kier alpha value is -1.74.